The SMILES string of the molecule is Cc1cscc1CNCc1cccc(C(F)F)c1. The van der Waals surface area contributed by atoms with Crippen LogP contribution in [0.2, 0.25) is 0 Å². The fourth-order valence-corrected chi connectivity index (χ4v) is 2.61. The molecule has 1 N–H and O–H groups in total. The molecule has 18 heavy (non-hydrogen) atoms. The molecule has 2 rings (SSSR count). The average Bonchev–Trinajstić information content (AvgIpc) is 2.76. The van der Waals surface area contributed by atoms with Gasteiger partial charge in [0.1, 0.15) is 0 Å². The summed E-state index contributed by atoms with van der Waals surface area (Å²) in [6.45, 7) is 3.45. The average molecular weight is 267 g/mol. The third-order valence-electron chi connectivity index (χ3n) is 2.81. The summed E-state index contributed by atoms with van der Waals surface area (Å²) in [5, 5.41) is 7.49. The summed E-state index contributed by atoms with van der Waals surface area (Å²) in [5.41, 5.74) is 3.51. The maximum atomic E-state index is 12.5. The second-order valence-electron chi connectivity index (χ2n) is 4.23. The van der Waals surface area contributed by atoms with E-state index in [0.717, 1.165) is 12.1 Å². The van der Waals surface area contributed by atoms with Crippen LogP contribution in [-0.2, 0) is 13.1 Å². The van der Waals surface area contributed by atoms with E-state index in [-0.39, 0.29) is 5.56 Å². The molecule has 0 bridgehead atoms. The maximum absolute atomic E-state index is 12.5. The van der Waals surface area contributed by atoms with Gasteiger partial charge < -0.3 is 5.32 Å². The predicted octanol–water partition coefficient (Wildman–Crippen LogP) is 4.28. The first-order valence-electron chi connectivity index (χ1n) is 5.76. The van der Waals surface area contributed by atoms with Crippen LogP contribution < -0.4 is 5.32 Å². The van der Waals surface area contributed by atoms with Crippen LogP contribution in [0, 0.1) is 6.92 Å². The molecule has 4 heteroatoms. The van der Waals surface area contributed by atoms with Gasteiger partial charge in [0.25, 0.3) is 6.43 Å². The van der Waals surface area contributed by atoms with Gasteiger partial charge in [-0.2, -0.15) is 11.3 Å². The fraction of sp³-hybridized carbons (Fsp3) is 0.286. The van der Waals surface area contributed by atoms with Gasteiger partial charge in [0, 0.05) is 18.7 Å². The van der Waals surface area contributed by atoms with Crippen LogP contribution in [0.15, 0.2) is 35.0 Å². The van der Waals surface area contributed by atoms with Crippen molar-refractivity contribution >= 4 is 11.3 Å². The molecule has 0 aliphatic rings. The van der Waals surface area contributed by atoms with E-state index in [1.165, 1.54) is 17.2 Å². The Morgan fingerprint density at radius 2 is 2.06 bits per heavy atom. The molecule has 0 amide bonds. The lowest BCUT2D eigenvalue weighted by Crippen LogP contribution is -2.12. The third-order valence-corrected chi connectivity index (χ3v) is 3.72. The molecular weight excluding hydrogens is 252 g/mol. The number of hydrogen-bond donors (Lipinski definition) is 1. The van der Waals surface area contributed by atoms with Crippen molar-refractivity contribution in [3.63, 3.8) is 0 Å². The monoisotopic (exact) mass is 267 g/mol. The van der Waals surface area contributed by atoms with E-state index >= 15 is 0 Å². The number of hydrogen-bond acceptors (Lipinski definition) is 2. The van der Waals surface area contributed by atoms with Gasteiger partial charge in [-0.25, -0.2) is 8.78 Å². The molecule has 0 spiro atoms. The van der Waals surface area contributed by atoms with Crippen molar-refractivity contribution in [3.8, 4) is 0 Å². The number of alkyl halides is 2. The zero-order valence-electron chi connectivity index (χ0n) is 10.1. The van der Waals surface area contributed by atoms with E-state index in [1.54, 1.807) is 23.5 Å². The normalized spacial score (nSPS) is 11.1. The molecule has 1 aromatic heterocycles. The summed E-state index contributed by atoms with van der Waals surface area (Å²) < 4.78 is 25.1. The van der Waals surface area contributed by atoms with Crippen LogP contribution in [-0.4, -0.2) is 0 Å². The first-order valence-corrected chi connectivity index (χ1v) is 6.70. The van der Waals surface area contributed by atoms with E-state index in [4.69, 9.17) is 0 Å². The van der Waals surface area contributed by atoms with Gasteiger partial charge >= 0.3 is 0 Å². The second kappa shape index (κ2) is 6.07. The zero-order chi connectivity index (χ0) is 13.0. The third kappa shape index (κ3) is 3.37. The van der Waals surface area contributed by atoms with Gasteiger partial charge in [0.2, 0.25) is 0 Å². The van der Waals surface area contributed by atoms with Gasteiger partial charge in [-0.15, -0.1) is 0 Å². The van der Waals surface area contributed by atoms with Crippen molar-refractivity contribution < 1.29 is 8.78 Å². The molecule has 1 aromatic carbocycles. The van der Waals surface area contributed by atoms with Crippen molar-refractivity contribution in [1.29, 1.82) is 0 Å². The highest BCUT2D eigenvalue weighted by Gasteiger charge is 2.06. The van der Waals surface area contributed by atoms with Gasteiger partial charge in [-0.1, -0.05) is 18.2 Å². The van der Waals surface area contributed by atoms with Crippen molar-refractivity contribution in [2.24, 2.45) is 0 Å². The molecule has 0 atom stereocenters. The molecule has 96 valence electrons. The Balaban J connectivity index is 1.90. The lowest BCUT2D eigenvalue weighted by molar-refractivity contribution is 0.151. The number of rotatable bonds is 5. The van der Waals surface area contributed by atoms with Gasteiger partial charge in [0.15, 0.2) is 0 Å². The van der Waals surface area contributed by atoms with Crippen molar-refractivity contribution in [2.45, 2.75) is 26.4 Å². The van der Waals surface area contributed by atoms with Crippen LogP contribution in [0.4, 0.5) is 8.78 Å². The minimum atomic E-state index is -2.40. The Bertz CT molecular complexity index is 508. The van der Waals surface area contributed by atoms with Gasteiger partial charge in [-0.05, 0) is 40.4 Å². The lowest BCUT2D eigenvalue weighted by atomic mass is 10.1. The number of halogens is 2. The van der Waals surface area contributed by atoms with Crippen molar-refractivity contribution in [3.05, 3.63) is 57.3 Å². The molecule has 0 fully saturated rings. The first kappa shape index (κ1) is 13.2. The molecule has 0 unspecified atom stereocenters. The fourth-order valence-electron chi connectivity index (χ4n) is 1.75. The van der Waals surface area contributed by atoms with E-state index in [1.807, 2.05) is 6.07 Å². The van der Waals surface area contributed by atoms with Crippen LogP contribution in [0.25, 0.3) is 0 Å². The molecular formula is C14H15F2NS. The summed E-state index contributed by atoms with van der Waals surface area (Å²) in [5.74, 6) is 0. The summed E-state index contributed by atoms with van der Waals surface area (Å²) in [4.78, 5) is 0. The minimum absolute atomic E-state index is 0.0843. The summed E-state index contributed by atoms with van der Waals surface area (Å²) in [6, 6.07) is 6.54. The molecule has 2 aromatic rings. The standard InChI is InChI=1S/C14H15F2NS/c1-10-8-18-9-13(10)7-17-6-11-3-2-4-12(5-11)14(15)16/h2-5,8-9,14,17H,6-7H2,1H3. The van der Waals surface area contributed by atoms with E-state index < -0.39 is 6.43 Å². The quantitative estimate of drug-likeness (QED) is 0.852. The highest BCUT2D eigenvalue weighted by atomic mass is 32.1. The Kier molecular flexibility index (Phi) is 4.44. The summed E-state index contributed by atoms with van der Waals surface area (Å²) in [6.07, 6.45) is -2.40. The molecule has 0 saturated heterocycles. The molecule has 0 saturated carbocycles. The largest absolute Gasteiger partial charge is 0.309 e. The second-order valence-corrected chi connectivity index (χ2v) is 4.97. The Morgan fingerprint density at radius 1 is 1.22 bits per heavy atom. The Morgan fingerprint density at radius 3 is 2.72 bits per heavy atom. The van der Waals surface area contributed by atoms with Gasteiger partial charge in [0.05, 0.1) is 0 Å². The predicted molar refractivity (Wildman–Crippen MR) is 71.0 cm³/mol. The topological polar surface area (TPSA) is 12.0 Å². The number of aryl methyl sites for hydroxylation is 1. The van der Waals surface area contributed by atoms with Crippen LogP contribution in [0.3, 0.4) is 0 Å². The number of thiophene rings is 1. The van der Waals surface area contributed by atoms with Crippen LogP contribution in [0.5, 0.6) is 0 Å². The van der Waals surface area contributed by atoms with E-state index in [0.29, 0.717) is 6.54 Å². The van der Waals surface area contributed by atoms with Crippen molar-refractivity contribution in [2.75, 3.05) is 0 Å². The number of nitrogens with one attached hydrogen (secondary N) is 1. The molecule has 0 radical (unpaired) electrons. The van der Waals surface area contributed by atoms with Crippen molar-refractivity contribution in [1.82, 2.24) is 5.32 Å². The highest BCUT2D eigenvalue weighted by Crippen LogP contribution is 2.19. The molecule has 1 nitrogen and oxygen atoms in total. The van der Waals surface area contributed by atoms with Crippen LogP contribution >= 0.6 is 11.3 Å². The van der Waals surface area contributed by atoms with E-state index in [2.05, 4.69) is 23.0 Å². The zero-order valence-corrected chi connectivity index (χ0v) is 10.9. The summed E-state index contributed by atoms with van der Waals surface area (Å²) in [7, 11) is 0. The Labute approximate surface area is 109 Å². The molecule has 0 aliphatic heterocycles. The molecule has 0 aliphatic carbocycles. The van der Waals surface area contributed by atoms with E-state index in [9.17, 15) is 8.78 Å². The first-order chi connectivity index (χ1) is 8.66. The van der Waals surface area contributed by atoms with Crippen LogP contribution in [0.1, 0.15) is 28.7 Å². The summed E-state index contributed by atoms with van der Waals surface area (Å²) >= 11 is 1.68. The maximum Gasteiger partial charge on any atom is 0.263 e. The smallest absolute Gasteiger partial charge is 0.263 e. The minimum Gasteiger partial charge on any atom is -0.309 e. The number of benzene rings is 1. The van der Waals surface area contributed by atoms with Gasteiger partial charge in [-0.3, -0.25) is 0 Å². The highest BCUT2D eigenvalue weighted by molar-refractivity contribution is 7.08. The lowest BCUT2D eigenvalue weighted by Gasteiger charge is -2.06. The Hall–Kier alpha value is -1.26. The molecule has 1 heterocycles.